The lowest BCUT2D eigenvalue weighted by atomic mass is 10.2. The zero-order valence-electron chi connectivity index (χ0n) is 9.10. The van der Waals surface area contributed by atoms with Crippen LogP contribution in [0.4, 0.5) is 5.13 Å². The monoisotopic (exact) mass is 241 g/mol. The van der Waals surface area contributed by atoms with Gasteiger partial charge in [-0.15, -0.1) is 11.3 Å². The number of rotatable bonds is 3. The fourth-order valence-electron chi connectivity index (χ4n) is 1.67. The van der Waals surface area contributed by atoms with Gasteiger partial charge in [0, 0.05) is 11.9 Å². The lowest BCUT2D eigenvalue weighted by Crippen LogP contribution is -2.29. The fourth-order valence-corrected chi connectivity index (χ4v) is 2.36. The highest BCUT2D eigenvalue weighted by atomic mass is 32.1. The molecule has 1 aliphatic heterocycles. The van der Waals surface area contributed by atoms with Crippen molar-refractivity contribution in [2.75, 3.05) is 11.9 Å². The van der Waals surface area contributed by atoms with Crippen LogP contribution in [0, 0.1) is 6.92 Å². The fraction of sp³-hybridized carbons (Fsp3) is 0.600. The number of carbonyl (C=O) groups excluding carboxylic acids is 1. The Balaban J connectivity index is 1.89. The molecule has 0 aromatic carbocycles. The van der Waals surface area contributed by atoms with E-state index in [-0.39, 0.29) is 18.1 Å². The minimum Gasteiger partial charge on any atom is -0.364 e. The van der Waals surface area contributed by atoms with Crippen LogP contribution in [0.3, 0.4) is 0 Å². The summed E-state index contributed by atoms with van der Waals surface area (Å²) < 4.78 is 5.49. The zero-order valence-corrected chi connectivity index (χ0v) is 9.92. The molecule has 0 bridgehead atoms. The van der Waals surface area contributed by atoms with Crippen molar-refractivity contribution in [3.63, 3.8) is 0 Å². The summed E-state index contributed by atoms with van der Waals surface area (Å²) in [5.74, 6) is -0.120. The van der Waals surface area contributed by atoms with Crippen LogP contribution in [0.25, 0.3) is 0 Å². The number of ether oxygens (including phenoxy) is 1. The van der Waals surface area contributed by atoms with Crippen molar-refractivity contribution in [3.8, 4) is 0 Å². The van der Waals surface area contributed by atoms with Gasteiger partial charge < -0.3 is 10.5 Å². The zero-order chi connectivity index (χ0) is 11.5. The van der Waals surface area contributed by atoms with E-state index in [0.29, 0.717) is 11.7 Å². The molecule has 1 amide bonds. The van der Waals surface area contributed by atoms with E-state index in [9.17, 15) is 4.79 Å². The van der Waals surface area contributed by atoms with Crippen LogP contribution in [-0.4, -0.2) is 29.6 Å². The molecule has 1 fully saturated rings. The molecule has 6 heteroatoms. The van der Waals surface area contributed by atoms with Gasteiger partial charge >= 0.3 is 0 Å². The van der Waals surface area contributed by atoms with Crippen LogP contribution in [0.15, 0.2) is 5.38 Å². The number of nitrogens with two attached hydrogens (primary N) is 1. The number of aromatic nitrogens is 1. The highest BCUT2D eigenvalue weighted by Crippen LogP contribution is 2.21. The van der Waals surface area contributed by atoms with Crippen LogP contribution in [0.5, 0.6) is 0 Å². The minimum absolute atomic E-state index is 0.0220. The van der Waals surface area contributed by atoms with Gasteiger partial charge in [-0.3, -0.25) is 10.1 Å². The summed E-state index contributed by atoms with van der Waals surface area (Å²) in [6, 6.07) is 0. The maximum atomic E-state index is 11.8. The average Bonchev–Trinajstić information content (AvgIpc) is 2.87. The molecule has 5 nitrogen and oxygen atoms in total. The Hall–Kier alpha value is -0.980. The number of hydrogen-bond acceptors (Lipinski definition) is 5. The molecule has 1 aromatic rings. The van der Waals surface area contributed by atoms with E-state index in [2.05, 4.69) is 10.3 Å². The highest BCUT2D eigenvalue weighted by molar-refractivity contribution is 7.13. The van der Waals surface area contributed by atoms with Crippen LogP contribution >= 0.6 is 11.3 Å². The van der Waals surface area contributed by atoms with E-state index < -0.39 is 0 Å². The smallest absolute Gasteiger partial charge is 0.255 e. The number of amides is 1. The molecule has 0 spiro atoms. The van der Waals surface area contributed by atoms with Gasteiger partial charge in [0.15, 0.2) is 5.13 Å². The van der Waals surface area contributed by atoms with Crippen molar-refractivity contribution in [3.05, 3.63) is 11.1 Å². The molecular formula is C10H15N3O2S. The van der Waals surface area contributed by atoms with Crippen LogP contribution in [-0.2, 0) is 9.53 Å². The Morgan fingerprint density at radius 2 is 2.56 bits per heavy atom. The van der Waals surface area contributed by atoms with Gasteiger partial charge in [0.2, 0.25) is 0 Å². The molecule has 1 aromatic heterocycles. The topological polar surface area (TPSA) is 77.2 Å². The third-order valence-corrected chi connectivity index (χ3v) is 3.39. The Labute approximate surface area is 98.0 Å². The molecule has 0 saturated carbocycles. The number of aryl methyl sites for hydroxylation is 1. The van der Waals surface area contributed by atoms with Crippen molar-refractivity contribution in [1.82, 2.24) is 4.98 Å². The Morgan fingerprint density at radius 3 is 3.12 bits per heavy atom. The standard InChI is InChI=1S/C10H15N3O2S/c1-6-5-16-10(12-6)13-9(14)8-3-2-7(4-11)15-8/h5,7-8H,2-4,11H2,1H3,(H,12,13,14). The molecule has 2 heterocycles. The molecule has 16 heavy (non-hydrogen) atoms. The SMILES string of the molecule is Cc1csc(NC(=O)C2CCC(CN)O2)n1. The summed E-state index contributed by atoms with van der Waals surface area (Å²) in [6.07, 6.45) is 1.23. The van der Waals surface area contributed by atoms with Gasteiger partial charge in [0.1, 0.15) is 6.10 Å². The second-order valence-corrected chi connectivity index (χ2v) is 4.70. The van der Waals surface area contributed by atoms with Gasteiger partial charge in [-0.25, -0.2) is 4.98 Å². The summed E-state index contributed by atoms with van der Waals surface area (Å²) in [5, 5.41) is 5.28. The van der Waals surface area contributed by atoms with Crippen LogP contribution in [0.1, 0.15) is 18.5 Å². The van der Waals surface area contributed by atoms with Gasteiger partial charge in [0.25, 0.3) is 5.91 Å². The molecule has 88 valence electrons. The molecule has 2 atom stereocenters. The molecule has 2 unspecified atom stereocenters. The second kappa shape index (κ2) is 4.90. The van der Waals surface area contributed by atoms with E-state index in [0.717, 1.165) is 18.5 Å². The molecule has 2 rings (SSSR count). The number of carbonyl (C=O) groups is 1. The van der Waals surface area contributed by atoms with E-state index in [1.165, 1.54) is 11.3 Å². The first-order valence-corrected chi connectivity index (χ1v) is 6.15. The molecule has 1 aliphatic rings. The molecule has 0 aliphatic carbocycles. The predicted octanol–water partition coefficient (Wildman–Crippen LogP) is 0.896. The molecule has 3 N–H and O–H groups in total. The van der Waals surface area contributed by atoms with Gasteiger partial charge in [-0.1, -0.05) is 0 Å². The third-order valence-electron chi connectivity index (χ3n) is 2.51. The normalized spacial score (nSPS) is 24.6. The van der Waals surface area contributed by atoms with Gasteiger partial charge in [0.05, 0.1) is 11.8 Å². The number of nitrogens with zero attached hydrogens (tertiary/aromatic N) is 1. The summed E-state index contributed by atoms with van der Waals surface area (Å²) in [7, 11) is 0. The maximum absolute atomic E-state index is 11.8. The van der Waals surface area contributed by atoms with E-state index in [1.807, 2.05) is 12.3 Å². The summed E-state index contributed by atoms with van der Waals surface area (Å²) in [5.41, 5.74) is 6.39. The number of nitrogens with one attached hydrogen (secondary N) is 1. The number of thiazole rings is 1. The van der Waals surface area contributed by atoms with Crippen LogP contribution < -0.4 is 11.1 Å². The Bertz CT molecular complexity index is 380. The molecule has 0 radical (unpaired) electrons. The Morgan fingerprint density at radius 1 is 1.75 bits per heavy atom. The average molecular weight is 241 g/mol. The lowest BCUT2D eigenvalue weighted by molar-refractivity contribution is -0.126. The van der Waals surface area contributed by atoms with Crippen molar-refractivity contribution >= 4 is 22.4 Å². The highest BCUT2D eigenvalue weighted by Gasteiger charge is 2.30. The van der Waals surface area contributed by atoms with Crippen molar-refractivity contribution < 1.29 is 9.53 Å². The number of hydrogen-bond donors (Lipinski definition) is 2. The first kappa shape index (κ1) is 11.5. The van der Waals surface area contributed by atoms with Gasteiger partial charge in [-0.2, -0.15) is 0 Å². The van der Waals surface area contributed by atoms with Crippen molar-refractivity contribution in [2.24, 2.45) is 5.73 Å². The molecule has 1 saturated heterocycles. The summed E-state index contributed by atoms with van der Waals surface area (Å²) in [4.78, 5) is 15.9. The first-order valence-electron chi connectivity index (χ1n) is 5.27. The third kappa shape index (κ3) is 2.58. The lowest BCUT2D eigenvalue weighted by Gasteiger charge is -2.11. The minimum atomic E-state index is -0.377. The first-order chi connectivity index (χ1) is 7.69. The van der Waals surface area contributed by atoms with Crippen LogP contribution in [0.2, 0.25) is 0 Å². The predicted molar refractivity (Wildman–Crippen MR) is 62.4 cm³/mol. The van der Waals surface area contributed by atoms with E-state index in [1.54, 1.807) is 0 Å². The number of anilines is 1. The van der Waals surface area contributed by atoms with E-state index >= 15 is 0 Å². The summed E-state index contributed by atoms with van der Waals surface area (Å²) >= 11 is 1.42. The van der Waals surface area contributed by atoms with Crippen molar-refractivity contribution in [2.45, 2.75) is 32.0 Å². The van der Waals surface area contributed by atoms with Gasteiger partial charge in [-0.05, 0) is 19.8 Å². The summed E-state index contributed by atoms with van der Waals surface area (Å²) in [6.45, 7) is 2.36. The largest absolute Gasteiger partial charge is 0.364 e. The molecular weight excluding hydrogens is 226 g/mol. The quantitative estimate of drug-likeness (QED) is 0.824. The van der Waals surface area contributed by atoms with E-state index in [4.69, 9.17) is 10.5 Å². The maximum Gasteiger partial charge on any atom is 0.255 e. The van der Waals surface area contributed by atoms with Crippen molar-refractivity contribution in [1.29, 1.82) is 0 Å². The Kier molecular flexibility index (Phi) is 3.52. The second-order valence-electron chi connectivity index (χ2n) is 3.84.